The van der Waals surface area contributed by atoms with Crippen molar-refractivity contribution in [1.29, 1.82) is 0 Å². The maximum Gasteiger partial charge on any atom is 0.314 e. The van der Waals surface area contributed by atoms with Gasteiger partial charge in [0.05, 0.1) is 19.6 Å². The topological polar surface area (TPSA) is 55.8 Å². The Hall–Kier alpha value is -1.71. The SMILES string of the molecule is COc1cc(C)c(C2(C(=O)O)CCCC2)c(OC)c1C. The quantitative estimate of drug-likeness (QED) is 0.918. The molecule has 1 aliphatic rings. The number of ether oxygens (including phenoxy) is 2. The molecule has 0 bridgehead atoms. The summed E-state index contributed by atoms with van der Waals surface area (Å²) in [4.78, 5) is 11.9. The summed E-state index contributed by atoms with van der Waals surface area (Å²) in [5, 5.41) is 9.79. The van der Waals surface area contributed by atoms with Crippen LogP contribution in [0, 0.1) is 13.8 Å². The number of hydrogen-bond acceptors (Lipinski definition) is 3. The summed E-state index contributed by atoms with van der Waals surface area (Å²) in [5.41, 5.74) is 1.80. The van der Waals surface area contributed by atoms with Crippen LogP contribution in [0.1, 0.15) is 42.4 Å². The molecule has 0 spiro atoms. The van der Waals surface area contributed by atoms with Gasteiger partial charge < -0.3 is 14.6 Å². The Morgan fingerprint density at radius 3 is 2.25 bits per heavy atom. The highest BCUT2D eigenvalue weighted by atomic mass is 16.5. The van der Waals surface area contributed by atoms with Gasteiger partial charge in [-0.3, -0.25) is 4.79 Å². The molecule has 0 aliphatic heterocycles. The van der Waals surface area contributed by atoms with Gasteiger partial charge in [0.25, 0.3) is 0 Å². The second-order valence-electron chi connectivity index (χ2n) is 5.52. The molecule has 1 aliphatic carbocycles. The zero-order chi connectivity index (χ0) is 14.9. The van der Waals surface area contributed by atoms with Gasteiger partial charge in [-0.25, -0.2) is 0 Å². The highest BCUT2D eigenvalue weighted by Crippen LogP contribution is 2.49. The van der Waals surface area contributed by atoms with Gasteiger partial charge in [-0.15, -0.1) is 0 Å². The summed E-state index contributed by atoms with van der Waals surface area (Å²) in [5.74, 6) is 0.647. The van der Waals surface area contributed by atoms with Gasteiger partial charge in [0.15, 0.2) is 0 Å². The maximum atomic E-state index is 11.9. The molecular formula is C16H22O4. The number of carboxylic acids is 1. The van der Waals surface area contributed by atoms with Crippen LogP contribution in [-0.2, 0) is 10.2 Å². The van der Waals surface area contributed by atoms with E-state index < -0.39 is 11.4 Å². The average Bonchev–Trinajstić information content (AvgIpc) is 2.90. The number of hydrogen-bond donors (Lipinski definition) is 1. The standard InChI is InChI=1S/C16H22O4/c1-10-9-12(19-3)11(2)14(20-4)13(10)16(15(17)18)7-5-6-8-16/h9H,5-8H2,1-4H3,(H,17,18). The zero-order valence-corrected chi connectivity index (χ0v) is 12.6. The lowest BCUT2D eigenvalue weighted by atomic mass is 9.75. The first-order valence-electron chi connectivity index (χ1n) is 6.94. The molecule has 0 atom stereocenters. The lowest BCUT2D eigenvalue weighted by Crippen LogP contribution is -2.34. The number of aliphatic carboxylic acids is 1. The number of carbonyl (C=O) groups is 1. The van der Waals surface area contributed by atoms with E-state index in [-0.39, 0.29) is 0 Å². The van der Waals surface area contributed by atoms with E-state index in [0.29, 0.717) is 18.6 Å². The van der Waals surface area contributed by atoms with E-state index in [4.69, 9.17) is 9.47 Å². The number of methoxy groups -OCH3 is 2. The largest absolute Gasteiger partial charge is 0.496 e. The lowest BCUT2D eigenvalue weighted by Gasteiger charge is -2.29. The molecule has 1 saturated carbocycles. The fraction of sp³-hybridized carbons (Fsp3) is 0.562. The van der Waals surface area contributed by atoms with Crippen LogP contribution in [0.4, 0.5) is 0 Å². The highest BCUT2D eigenvalue weighted by molar-refractivity contribution is 5.84. The number of benzene rings is 1. The summed E-state index contributed by atoms with van der Waals surface area (Å²) in [6.07, 6.45) is 3.23. The molecule has 2 rings (SSSR count). The first-order chi connectivity index (χ1) is 9.47. The Morgan fingerprint density at radius 1 is 1.20 bits per heavy atom. The Labute approximate surface area is 119 Å². The normalized spacial score (nSPS) is 17.0. The predicted molar refractivity (Wildman–Crippen MR) is 76.8 cm³/mol. The maximum absolute atomic E-state index is 11.9. The van der Waals surface area contributed by atoms with Gasteiger partial charge in [0.1, 0.15) is 11.5 Å². The third kappa shape index (κ3) is 2.03. The van der Waals surface area contributed by atoms with Crippen molar-refractivity contribution in [3.8, 4) is 11.5 Å². The molecule has 110 valence electrons. The fourth-order valence-corrected chi connectivity index (χ4v) is 3.47. The second-order valence-corrected chi connectivity index (χ2v) is 5.52. The third-order valence-corrected chi connectivity index (χ3v) is 4.45. The number of rotatable bonds is 4. The minimum Gasteiger partial charge on any atom is -0.496 e. The Morgan fingerprint density at radius 2 is 1.80 bits per heavy atom. The van der Waals surface area contributed by atoms with Crippen LogP contribution in [0.25, 0.3) is 0 Å². The average molecular weight is 278 g/mol. The molecule has 0 saturated heterocycles. The Bertz CT molecular complexity index is 528. The van der Waals surface area contributed by atoms with E-state index in [1.165, 1.54) is 0 Å². The smallest absolute Gasteiger partial charge is 0.314 e. The molecule has 0 amide bonds. The first-order valence-corrected chi connectivity index (χ1v) is 6.94. The molecule has 0 radical (unpaired) electrons. The summed E-state index contributed by atoms with van der Waals surface area (Å²) < 4.78 is 10.9. The van der Waals surface area contributed by atoms with Crippen LogP contribution >= 0.6 is 0 Å². The summed E-state index contributed by atoms with van der Waals surface area (Å²) >= 11 is 0. The van der Waals surface area contributed by atoms with E-state index in [9.17, 15) is 9.90 Å². The second kappa shape index (κ2) is 5.35. The summed E-state index contributed by atoms with van der Waals surface area (Å²) in [6, 6.07) is 1.91. The number of carboxylic acid groups (broad SMARTS) is 1. The van der Waals surface area contributed by atoms with Gasteiger partial charge in [0, 0.05) is 11.1 Å². The molecule has 4 heteroatoms. The van der Waals surface area contributed by atoms with E-state index in [0.717, 1.165) is 35.3 Å². The molecule has 0 unspecified atom stereocenters. The van der Waals surface area contributed by atoms with Crippen molar-refractivity contribution in [3.63, 3.8) is 0 Å². The van der Waals surface area contributed by atoms with Crippen LogP contribution in [0.2, 0.25) is 0 Å². The Kier molecular flexibility index (Phi) is 3.93. The van der Waals surface area contributed by atoms with Crippen LogP contribution < -0.4 is 9.47 Å². The molecular weight excluding hydrogens is 256 g/mol. The summed E-state index contributed by atoms with van der Waals surface area (Å²) in [7, 11) is 3.21. The van der Waals surface area contributed by atoms with Crippen LogP contribution in [-0.4, -0.2) is 25.3 Å². The molecule has 1 aromatic carbocycles. The Balaban J connectivity index is 2.73. The summed E-state index contributed by atoms with van der Waals surface area (Å²) in [6.45, 7) is 3.84. The molecule has 20 heavy (non-hydrogen) atoms. The van der Waals surface area contributed by atoms with Crippen molar-refractivity contribution in [2.24, 2.45) is 0 Å². The van der Waals surface area contributed by atoms with Crippen molar-refractivity contribution >= 4 is 5.97 Å². The van der Waals surface area contributed by atoms with Crippen molar-refractivity contribution < 1.29 is 19.4 Å². The van der Waals surface area contributed by atoms with Crippen LogP contribution in [0.3, 0.4) is 0 Å². The minimum absolute atomic E-state index is 0.658. The molecule has 1 N–H and O–H groups in total. The highest BCUT2D eigenvalue weighted by Gasteiger charge is 2.46. The van der Waals surface area contributed by atoms with Gasteiger partial charge >= 0.3 is 5.97 Å². The molecule has 1 aromatic rings. The molecule has 0 aromatic heterocycles. The van der Waals surface area contributed by atoms with E-state index in [2.05, 4.69) is 0 Å². The first kappa shape index (κ1) is 14.7. The van der Waals surface area contributed by atoms with E-state index in [1.54, 1.807) is 14.2 Å². The number of aryl methyl sites for hydroxylation is 1. The van der Waals surface area contributed by atoms with Crippen molar-refractivity contribution in [2.45, 2.75) is 44.9 Å². The lowest BCUT2D eigenvalue weighted by molar-refractivity contribution is -0.143. The van der Waals surface area contributed by atoms with Gasteiger partial charge in [-0.05, 0) is 38.3 Å². The molecule has 4 nitrogen and oxygen atoms in total. The van der Waals surface area contributed by atoms with E-state index >= 15 is 0 Å². The van der Waals surface area contributed by atoms with Gasteiger partial charge in [-0.2, -0.15) is 0 Å². The van der Waals surface area contributed by atoms with Gasteiger partial charge in [0.2, 0.25) is 0 Å². The molecule has 1 fully saturated rings. The monoisotopic (exact) mass is 278 g/mol. The predicted octanol–water partition coefficient (Wildman–Crippen LogP) is 3.22. The third-order valence-electron chi connectivity index (χ3n) is 4.45. The van der Waals surface area contributed by atoms with Crippen molar-refractivity contribution in [3.05, 3.63) is 22.8 Å². The molecule has 0 heterocycles. The van der Waals surface area contributed by atoms with Crippen molar-refractivity contribution in [1.82, 2.24) is 0 Å². The van der Waals surface area contributed by atoms with Crippen LogP contribution in [0.5, 0.6) is 11.5 Å². The van der Waals surface area contributed by atoms with Crippen molar-refractivity contribution in [2.75, 3.05) is 14.2 Å². The van der Waals surface area contributed by atoms with E-state index in [1.807, 2.05) is 19.9 Å². The zero-order valence-electron chi connectivity index (χ0n) is 12.6. The van der Waals surface area contributed by atoms with Gasteiger partial charge in [-0.1, -0.05) is 12.8 Å². The fourth-order valence-electron chi connectivity index (χ4n) is 3.47. The minimum atomic E-state index is -0.813. The van der Waals surface area contributed by atoms with Crippen LogP contribution in [0.15, 0.2) is 6.07 Å².